The molecule has 0 bridgehead atoms. The molecule has 0 saturated carbocycles. The average Bonchev–Trinajstić information content (AvgIpc) is 2.72. The number of rotatable bonds is 4. The molecule has 26 heavy (non-hydrogen) atoms. The summed E-state index contributed by atoms with van der Waals surface area (Å²) in [7, 11) is 0. The SMILES string of the molecule is N#Cc1ccc(CCC(=O)N2CCCC(C(=O)N3CCOCC3)C2)cc1. The minimum absolute atomic E-state index is 0.0827. The Balaban J connectivity index is 1.50. The van der Waals surface area contributed by atoms with E-state index in [0.717, 1.165) is 24.9 Å². The average molecular weight is 355 g/mol. The van der Waals surface area contributed by atoms with Crippen LogP contribution in [0.1, 0.15) is 30.4 Å². The Hall–Kier alpha value is -2.39. The second kappa shape index (κ2) is 8.81. The van der Waals surface area contributed by atoms with E-state index in [9.17, 15) is 9.59 Å². The number of morpholine rings is 1. The summed E-state index contributed by atoms with van der Waals surface area (Å²) in [4.78, 5) is 29.0. The van der Waals surface area contributed by atoms with Crippen LogP contribution < -0.4 is 0 Å². The number of piperidine rings is 1. The molecule has 6 nitrogen and oxygen atoms in total. The number of nitriles is 1. The van der Waals surface area contributed by atoms with Gasteiger partial charge in [-0.05, 0) is 37.0 Å². The lowest BCUT2D eigenvalue weighted by atomic mass is 9.95. The van der Waals surface area contributed by atoms with Crippen LogP contribution in [0, 0.1) is 17.2 Å². The highest BCUT2D eigenvalue weighted by Gasteiger charge is 2.31. The van der Waals surface area contributed by atoms with E-state index >= 15 is 0 Å². The number of carbonyl (C=O) groups excluding carboxylic acids is 2. The van der Waals surface area contributed by atoms with Gasteiger partial charge in [-0.25, -0.2) is 0 Å². The molecule has 0 aromatic heterocycles. The topological polar surface area (TPSA) is 73.6 Å². The van der Waals surface area contributed by atoms with Gasteiger partial charge in [-0.15, -0.1) is 0 Å². The van der Waals surface area contributed by atoms with Crippen LogP contribution in [0.5, 0.6) is 0 Å². The number of hydrogen-bond donors (Lipinski definition) is 0. The summed E-state index contributed by atoms with van der Waals surface area (Å²) < 4.78 is 5.31. The first kappa shape index (κ1) is 18.4. The van der Waals surface area contributed by atoms with Crippen molar-refractivity contribution in [3.8, 4) is 6.07 Å². The predicted molar refractivity (Wildman–Crippen MR) is 96.2 cm³/mol. The fourth-order valence-electron chi connectivity index (χ4n) is 3.60. The van der Waals surface area contributed by atoms with Crippen LogP contribution >= 0.6 is 0 Å². The quantitative estimate of drug-likeness (QED) is 0.822. The lowest BCUT2D eigenvalue weighted by molar-refractivity contribution is -0.144. The van der Waals surface area contributed by atoms with Crippen molar-refractivity contribution in [3.63, 3.8) is 0 Å². The van der Waals surface area contributed by atoms with Crippen molar-refractivity contribution in [2.45, 2.75) is 25.7 Å². The zero-order chi connectivity index (χ0) is 18.4. The van der Waals surface area contributed by atoms with Crippen molar-refractivity contribution >= 4 is 11.8 Å². The molecule has 138 valence electrons. The molecule has 6 heteroatoms. The van der Waals surface area contributed by atoms with Crippen molar-refractivity contribution in [2.24, 2.45) is 5.92 Å². The normalized spacial score (nSPS) is 20.5. The van der Waals surface area contributed by atoms with Gasteiger partial charge in [-0.1, -0.05) is 12.1 Å². The number of hydrogen-bond acceptors (Lipinski definition) is 4. The van der Waals surface area contributed by atoms with Crippen molar-refractivity contribution in [2.75, 3.05) is 39.4 Å². The van der Waals surface area contributed by atoms with Crippen LogP contribution in [0.4, 0.5) is 0 Å². The molecule has 1 atom stereocenters. The van der Waals surface area contributed by atoms with Gasteiger partial charge in [-0.2, -0.15) is 5.26 Å². The molecule has 2 amide bonds. The van der Waals surface area contributed by atoms with Gasteiger partial charge in [0.25, 0.3) is 0 Å². The standard InChI is InChI=1S/C20H25N3O3/c21-14-17-5-3-16(4-6-17)7-8-19(24)23-9-1-2-18(15-23)20(25)22-10-12-26-13-11-22/h3-6,18H,1-2,7-13,15H2. The molecule has 2 aliphatic heterocycles. The summed E-state index contributed by atoms with van der Waals surface area (Å²) in [5.41, 5.74) is 1.68. The van der Waals surface area contributed by atoms with E-state index in [4.69, 9.17) is 10.00 Å². The van der Waals surface area contributed by atoms with Gasteiger partial charge in [0.15, 0.2) is 0 Å². The van der Waals surface area contributed by atoms with Crippen LogP contribution in [-0.4, -0.2) is 61.0 Å². The van der Waals surface area contributed by atoms with Gasteiger partial charge in [0, 0.05) is 32.6 Å². The van der Waals surface area contributed by atoms with Gasteiger partial charge in [0.2, 0.25) is 11.8 Å². The minimum Gasteiger partial charge on any atom is -0.378 e. The maximum absolute atomic E-state index is 12.7. The summed E-state index contributed by atoms with van der Waals surface area (Å²) in [5.74, 6) is 0.187. The largest absolute Gasteiger partial charge is 0.378 e. The molecule has 2 heterocycles. The molecule has 3 rings (SSSR count). The molecular formula is C20H25N3O3. The Morgan fingerprint density at radius 2 is 1.85 bits per heavy atom. The highest BCUT2D eigenvalue weighted by atomic mass is 16.5. The Kier molecular flexibility index (Phi) is 6.24. The van der Waals surface area contributed by atoms with E-state index < -0.39 is 0 Å². The molecule has 2 fully saturated rings. The van der Waals surface area contributed by atoms with E-state index in [1.165, 1.54) is 0 Å². The van der Waals surface area contributed by atoms with Crippen LogP contribution in [0.3, 0.4) is 0 Å². The van der Waals surface area contributed by atoms with Crippen LogP contribution in [0.15, 0.2) is 24.3 Å². The smallest absolute Gasteiger partial charge is 0.227 e. The Morgan fingerprint density at radius 1 is 1.12 bits per heavy atom. The van der Waals surface area contributed by atoms with E-state index in [1.807, 2.05) is 21.9 Å². The molecule has 0 N–H and O–H groups in total. The number of ether oxygens (including phenoxy) is 1. The maximum atomic E-state index is 12.7. The molecule has 0 aliphatic carbocycles. The lowest BCUT2D eigenvalue weighted by Crippen LogP contribution is -2.49. The summed E-state index contributed by atoms with van der Waals surface area (Å²) in [6, 6.07) is 9.44. The third-order valence-electron chi connectivity index (χ3n) is 5.16. The van der Waals surface area contributed by atoms with Crippen LogP contribution in [0.25, 0.3) is 0 Å². The third-order valence-corrected chi connectivity index (χ3v) is 5.16. The molecule has 2 aliphatic rings. The summed E-state index contributed by atoms with van der Waals surface area (Å²) >= 11 is 0. The summed E-state index contributed by atoms with van der Waals surface area (Å²) in [5, 5.41) is 8.83. The van der Waals surface area contributed by atoms with Gasteiger partial charge in [0.1, 0.15) is 0 Å². The van der Waals surface area contributed by atoms with Crippen molar-refractivity contribution < 1.29 is 14.3 Å². The second-order valence-corrected chi connectivity index (χ2v) is 6.93. The first-order chi connectivity index (χ1) is 12.7. The van der Waals surface area contributed by atoms with Gasteiger partial charge < -0.3 is 14.5 Å². The Bertz CT molecular complexity index is 675. The fourth-order valence-corrected chi connectivity index (χ4v) is 3.60. The Labute approximate surface area is 154 Å². The zero-order valence-electron chi connectivity index (χ0n) is 15.0. The van der Waals surface area contributed by atoms with Crippen LogP contribution in [0.2, 0.25) is 0 Å². The molecule has 1 unspecified atom stereocenters. The zero-order valence-corrected chi connectivity index (χ0v) is 15.0. The molecular weight excluding hydrogens is 330 g/mol. The molecule has 1 aromatic rings. The highest BCUT2D eigenvalue weighted by Crippen LogP contribution is 2.20. The minimum atomic E-state index is -0.0827. The van der Waals surface area contributed by atoms with E-state index in [-0.39, 0.29) is 17.7 Å². The molecule has 0 spiro atoms. The molecule has 1 aromatic carbocycles. The number of aryl methyl sites for hydroxylation is 1. The summed E-state index contributed by atoms with van der Waals surface area (Å²) in [6.07, 6.45) is 2.83. The van der Waals surface area contributed by atoms with Gasteiger partial charge >= 0.3 is 0 Å². The Morgan fingerprint density at radius 3 is 2.54 bits per heavy atom. The lowest BCUT2D eigenvalue weighted by Gasteiger charge is -2.36. The van der Waals surface area contributed by atoms with E-state index in [0.29, 0.717) is 51.3 Å². The van der Waals surface area contributed by atoms with Crippen molar-refractivity contribution in [3.05, 3.63) is 35.4 Å². The number of carbonyl (C=O) groups is 2. The number of amides is 2. The van der Waals surface area contributed by atoms with Crippen LogP contribution in [-0.2, 0) is 20.7 Å². The predicted octanol–water partition coefficient (Wildman–Crippen LogP) is 1.59. The molecule has 2 saturated heterocycles. The van der Waals surface area contributed by atoms with E-state index in [1.54, 1.807) is 12.1 Å². The fraction of sp³-hybridized carbons (Fsp3) is 0.550. The summed E-state index contributed by atoms with van der Waals surface area (Å²) in [6.45, 7) is 3.78. The number of likely N-dealkylation sites (tertiary alicyclic amines) is 1. The first-order valence-corrected chi connectivity index (χ1v) is 9.30. The molecule has 0 radical (unpaired) electrons. The second-order valence-electron chi connectivity index (χ2n) is 6.93. The van der Waals surface area contributed by atoms with Gasteiger partial charge in [-0.3, -0.25) is 9.59 Å². The third kappa shape index (κ3) is 4.61. The monoisotopic (exact) mass is 355 g/mol. The first-order valence-electron chi connectivity index (χ1n) is 9.30. The number of benzene rings is 1. The highest BCUT2D eigenvalue weighted by molar-refractivity contribution is 5.81. The van der Waals surface area contributed by atoms with Gasteiger partial charge in [0.05, 0.1) is 30.8 Å². The van der Waals surface area contributed by atoms with E-state index in [2.05, 4.69) is 6.07 Å². The van der Waals surface area contributed by atoms with Crippen molar-refractivity contribution in [1.82, 2.24) is 9.80 Å². The number of nitrogens with zero attached hydrogens (tertiary/aromatic N) is 3. The maximum Gasteiger partial charge on any atom is 0.227 e. The van der Waals surface area contributed by atoms with Crippen molar-refractivity contribution in [1.29, 1.82) is 5.26 Å².